The van der Waals surface area contributed by atoms with Crippen molar-refractivity contribution in [3.63, 3.8) is 0 Å². The van der Waals surface area contributed by atoms with Crippen LogP contribution in [0.2, 0.25) is 0 Å². The van der Waals surface area contributed by atoms with Crippen LogP contribution in [0.5, 0.6) is 0 Å². The quantitative estimate of drug-likeness (QED) is 0.145. The van der Waals surface area contributed by atoms with E-state index < -0.39 is 34.0 Å². The monoisotopic (exact) mass is 489 g/mol. The largest absolute Gasteiger partial charge is 0.480 e. The van der Waals surface area contributed by atoms with Crippen LogP contribution in [0.25, 0.3) is 0 Å². The van der Waals surface area contributed by atoms with E-state index in [1.165, 1.54) is 0 Å². The molecule has 0 aliphatic carbocycles. The lowest BCUT2D eigenvalue weighted by Crippen LogP contribution is -2.52. The Bertz CT molecular complexity index is 1060. The van der Waals surface area contributed by atoms with E-state index in [4.69, 9.17) is 11.5 Å². The van der Waals surface area contributed by atoms with Crippen molar-refractivity contribution in [1.82, 2.24) is 10.0 Å². The highest BCUT2D eigenvalue weighted by atomic mass is 32.2. The maximum absolute atomic E-state index is 13.0. The predicted molar refractivity (Wildman–Crippen MR) is 130 cm³/mol. The van der Waals surface area contributed by atoms with Crippen LogP contribution in [-0.4, -0.2) is 55.7 Å². The normalized spacial score (nSPS) is 12.9. The van der Waals surface area contributed by atoms with Crippen molar-refractivity contribution in [2.45, 2.75) is 37.8 Å². The van der Waals surface area contributed by atoms with Crippen molar-refractivity contribution < 1.29 is 23.1 Å². The van der Waals surface area contributed by atoms with E-state index in [1.807, 2.05) is 30.3 Å². The number of rotatable bonds is 14. The molecule has 0 bridgehead atoms. The molecule has 2 aromatic rings. The van der Waals surface area contributed by atoms with Crippen LogP contribution in [-0.2, 0) is 32.5 Å². The number of aryl methyl sites for hydroxylation is 1. The molecule has 2 rings (SSSR count). The number of carboxylic acids is 1. The molecule has 184 valence electrons. The summed E-state index contributed by atoms with van der Waals surface area (Å²) >= 11 is 0. The first-order chi connectivity index (χ1) is 16.2. The lowest BCUT2D eigenvalue weighted by Gasteiger charge is -2.21. The highest BCUT2D eigenvalue weighted by Gasteiger charge is 2.28. The number of hydrogen-bond acceptors (Lipinski definition) is 5. The third-order valence-corrected chi connectivity index (χ3v) is 6.37. The number of benzene rings is 2. The number of aliphatic imine (C=N–C) groups is 1. The molecule has 34 heavy (non-hydrogen) atoms. The van der Waals surface area contributed by atoms with Gasteiger partial charge in [-0.25, -0.2) is 17.9 Å². The number of aliphatic carboxylic acids is 1. The molecule has 0 saturated carbocycles. The summed E-state index contributed by atoms with van der Waals surface area (Å²) in [6, 6.07) is 15.6. The first kappa shape index (κ1) is 26.8. The highest BCUT2D eigenvalue weighted by molar-refractivity contribution is 7.89. The standard InChI is InChI=1S/C23H31N5O5S/c24-23(25)26-14-7-12-19(22(30)31)27-21(29)20(16-18-10-5-2-6-11-18)28-34(32,33)15-13-17-8-3-1-4-9-17/h1-6,8-11,19-20,28H,7,12-16H2,(H,27,29)(H,30,31)(H4,24,25,26)/t19?,20-/m0/s1. The lowest BCUT2D eigenvalue weighted by atomic mass is 10.1. The van der Waals surface area contributed by atoms with Gasteiger partial charge in [-0.1, -0.05) is 60.7 Å². The van der Waals surface area contributed by atoms with Crippen LogP contribution in [0.15, 0.2) is 65.7 Å². The second-order valence-corrected chi connectivity index (χ2v) is 9.64. The van der Waals surface area contributed by atoms with Crippen molar-refractivity contribution in [3.8, 4) is 0 Å². The van der Waals surface area contributed by atoms with Gasteiger partial charge in [0.2, 0.25) is 15.9 Å². The number of hydrogen-bond donors (Lipinski definition) is 5. The molecule has 0 aliphatic heterocycles. The number of carbonyl (C=O) groups excluding carboxylic acids is 1. The van der Waals surface area contributed by atoms with E-state index in [9.17, 15) is 23.1 Å². The lowest BCUT2D eigenvalue weighted by molar-refractivity contribution is -0.142. The summed E-state index contributed by atoms with van der Waals surface area (Å²) in [4.78, 5) is 28.4. The van der Waals surface area contributed by atoms with Gasteiger partial charge in [0.25, 0.3) is 0 Å². The zero-order chi connectivity index (χ0) is 25.0. The van der Waals surface area contributed by atoms with E-state index in [-0.39, 0.29) is 37.5 Å². The van der Waals surface area contributed by atoms with Crippen LogP contribution < -0.4 is 21.5 Å². The van der Waals surface area contributed by atoms with E-state index in [0.29, 0.717) is 6.42 Å². The summed E-state index contributed by atoms with van der Waals surface area (Å²) in [7, 11) is -3.83. The molecule has 0 saturated heterocycles. The Balaban J connectivity index is 2.10. The Morgan fingerprint density at radius 1 is 0.941 bits per heavy atom. The average Bonchev–Trinajstić information content (AvgIpc) is 2.80. The predicted octanol–water partition coefficient (Wildman–Crippen LogP) is 0.383. The molecule has 11 heteroatoms. The summed E-state index contributed by atoms with van der Waals surface area (Å²) in [6.07, 6.45) is 0.744. The van der Waals surface area contributed by atoms with Crippen molar-refractivity contribution in [2.24, 2.45) is 16.5 Å². The molecule has 7 N–H and O–H groups in total. The van der Waals surface area contributed by atoms with Gasteiger partial charge in [0.05, 0.1) is 5.75 Å². The summed E-state index contributed by atoms with van der Waals surface area (Å²) in [5.41, 5.74) is 12.1. The Morgan fingerprint density at radius 2 is 1.53 bits per heavy atom. The molecule has 0 spiro atoms. The summed E-state index contributed by atoms with van der Waals surface area (Å²) in [6.45, 7) is 0.210. The molecule has 1 amide bonds. The van der Waals surface area contributed by atoms with E-state index in [0.717, 1.165) is 11.1 Å². The van der Waals surface area contributed by atoms with Gasteiger partial charge in [-0.3, -0.25) is 9.79 Å². The third kappa shape index (κ3) is 10.0. The fourth-order valence-corrected chi connectivity index (χ4v) is 4.49. The van der Waals surface area contributed by atoms with Crippen LogP contribution in [0.3, 0.4) is 0 Å². The zero-order valence-electron chi connectivity index (χ0n) is 18.8. The number of nitrogens with two attached hydrogens (primary N) is 2. The first-order valence-electron chi connectivity index (χ1n) is 10.8. The molecular formula is C23H31N5O5S. The van der Waals surface area contributed by atoms with Crippen LogP contribution in [0, 0.1) is 0 Å². The second-order valence-electron chi connectivity index (χ2n) is 7.76. The number of nitrogens with one attached hydrogen (secondary N) is 2. The minimum absolute atomic E-state index is 0.0670. The fourth-order valence-electron chi connectivity index (χ4n) is 3.24. The van der Waals surface area contributed by atoms with Gasteiger partial charge < -0.3 is 21.9 Å². The van der Waals surface area contributed by atoms with Crippen molar-refractivity contribution in [3.05, 3.63) is 71.8 Å². The van der Waals surface area contributed by atoms with Crippen molar-refractivity contribution in [1.29, 1.82) is 0 Å². The van der Waals surface area contributed by atoms with Gasteiger partial charge in [-0.2, -0.15) is 0 Å². The maximum Gasteiger partial charge on any atom is 0.326 e. The zero-order valence-corrected chi connectivity index (χ0v) is 19.6. The molecule has 2 atom stereocenters. The summed E-state index contributed by atoms with van der Waals surface area (Å²) in [5.74, 6) is -2.27. The summed E-state index contributed by atoms with van der Waals surface area (Å²) in [5, 5.41) is 12.0. The second kappa shape index (κ2) is 13.3. The Morgan fingerprint density at radius 3 is 2.09 bits per heavy atom. The molecule has 0 aliphatic rings. The van der Waals surface area contributed by atoms with Gasteiger partial charge in [0.15, 0.2) is 5.96 Å². The average molecular weight is 490 g/mol. The van der Waals surface area contributed by atoms with Crippen LogP contribution in [0.1, 0.15) is 24.0 Å². The van der Waals surface area contributed by atoms with E-state index in [1.54, 1.807) is 30.3 Å². The molecule has 0 aromatic heterocycles. The number of guanidine groups is 1. The van der Waals surface area contributed by atoms with Gasteiger partial charge in [-0.05, 0) is 36.8 Å². The van der Waals surface area contributed by atoms with Gasteiger partial charge in [0.1, 0.15) is 12.1 Å². The molecule has 1 unspecified atom stereocenters. The minimum atomic E-state index is -3.83. The first-order valence-corrected chi connectivity index (χ1v) is 12.5. The van der Waals surface area contributed by atoms with Gasteiger partial charge in [-0.15, -0.1) is 0 Å². The molecule has 10 nitrogen and oxygen atoms in total. The van der Waals surface area contributed by atoms with Gasteiger partial charge in [0, 0.05) is 6.54 Å². The number of amides is 1. The van der Waals surface area contributed by atoms with Crippen molar-refractivity contribution >= 4 is 27.9 Å². The smallest absolute Gasteiger partial charge is 0.326 e. The third-order valence-electron chi connectivity index (χ3n) is 4.98. The highest BCUT2D eigenvalue weighted by Crippen LogP contribution is 2.08. The van der Waals surface area contributed by atoms with Gasteiger partial charge >= 0.3 is 5.97 Å². The number of sulfonamides is 1. The maximum atomic E-state index is 13.0. The molecule has 0 fully saturated rings. The number of carboxylic acid groups (broad SMARTS) is 1. The minimum Gasteiger partial charge on any atom is -0.480 e. The number of nitrogens with zero attached hydrogens (tertiary/aromatic N) is 1. The Hall–Kier alpha value is -3.44. The molecule has 2 aromatic carbocycles. The van der Waals surface area contributed by atoms with E-state index in [2.05, 4.69) is 15.0 Å². The topological polar surface area (TPSA) is 177 Å². The Kier molecular flexibility index (Phi) is 10.5. The Labute approximate surface area is 199 Å². The fraction of sp³-hybridized carbons (Fsp3) is 0.348. The SMILES string of the molecule is NC(N)=NCCCC(NC(=O)[C@H](Cc1ccccc1)NS(=O)(=O)CCc1ccccc1)C(=O)O. The number of carbonyl (C=O) groups is 2. The van der Waals surface area contributed by atoms with Crippen molar-refractivity contribution in [2.75, 3.05) is 12.3 Å². The van der Waals surface area contributed by atoms with E-state index >= 15 is 0 Å². The van der Waals surface area contributed by atoms with Crippen LogP contribution >= 0.6 is 0 Å². The molecule has 0 radical (unpaired) electrons. The van der Waals surface area contributed by atoms with Crippen LogP contribution in [0.4, 0.5) is 0 Å². The summed E-state index contributed by atoms with van der Waals surface area (Å²) < 4.78 is 28.0. The molecule has 0 heterocycles. The molecular weight excluding hydrogens is 458 g/mol.